The molecule has 0 saturated carbocycles. The summed E-state index contributed by atoms with van der Waals surface area (Å²) in [5.41, 5.74) is -0.269. The largest absolute Gasteiger partial charge is 0.299 e. The highest BCUT2D eigenvalue weighted by Gasteiger charge is 2.19. The van der Waals surface area contributed by atoms with Crippen molar-refractivity contribution in [3.05, 3.63) is 34.4 Å². The van der Waals surface area contributed by atoms with Gasteiger partial charge in [-0.25, -0.2) is 13.1 Å². The van der Waals surface area contributed by atoms with E-state index in [1.807, 2.05) is 0 Å². The fourth-order valence-corrected chi connectivity index (χ4v) is 2.20. The SMILES string of the molecule is CC(=O)CC(=O)NS(=O)(=O)c1ccc([N+](=O)[O-])cc1. The quantitative estimate of drug-likeness (QED) is 0.474. The van der Waals surface area contributed by atoms with Crippen molar-refractivity contribution in [2.45, 2.75) is 18.2 Å². The highest BCUT2D eigenvalue weighted by Crippen LogP contribution is 2.15. The molecule has 0 fully saturated rings. The van der Waals surface area contributed by atoms with E-state index in [9.17, 15) is 28.1 Å². The van der Waals surface area contributed by atoms with Crippen LogP contribution >= 0.6 is 0 Å². The molecule has 0 heterocycles. The van der Waals surface area contributed by atoms with Gasteiger partial charge in [-0.2, -0.15) is 0 Å². The van der Waals surface area contributed by atoms with Crippen LogP contribution < -0.4 is 4.72 Å². The number of carbonyl (C=O) groups excluding carboxylic acids is 2. The minimum atomic E-state index is -4.12. The second-order valence-corrected chi connectivity index (χ2v) is 5.34. The fraction of sp³-hybridized carbons (Fsp3) is 0.200. The van der Waals surface area contributed by atoms with E-state index < -0.39 is 33.1 Å². The van der Waals surface area contributed by atoms with Crippen LogP contribution in [-0.4, -0.2) is 25.0 Å². The van der Waals surface area contributed by atoms with Crippen LogP contribution in [0.1, 0.15) is 13.3 Å². The lowest BCUT2D eigenvalue weighted by Gasteiger charge is -2.05. The third-order valence-electron chi connectivity index (χ3n) is 2.02. The molecule has 0 aliphatic carbocycles. The van der Waals surface area contributed by atoms with Gasteiger partial charge < -0.3 is 0 Å². The van der Waals surface area contributed by atoms with E-state index in [2.05, 4.69) is 0 Å². The van der Waals surface area contributed by atoms with Crippen molar-refractivity contribution < 1.29 is 22.9 Å². The van der Waals surface area contributed by atoms with Gasteiger partial charge in [0.15, 0.2) is 0 Å². The summed E-state index contributed by atoms with van der Waals surface area (Å²) in [6.45, 7) is 1.15. The second-order valence-electron chi connectivity index (χ2n) is 3.66. The van der Waals surface area contributed by atoms with Crippen LogP contribution in [0.15, 0.2) is 29.2 Å². The molecule has 1 aromatic rings. The maximum atomic E-state index is 11.7. The fourth-order valence-electron chi connectivity index (χ4n) is 1.22. The first-order valence-corrected chi connectivity index (χ1v) is 6.50. The zero-order chi connectivity index (χ0) is 14.6. The van der Waals surface area contributed by atoms with Crippen molar-refractivity contribution in [2.24, 2.45) is 0 Å². The van der Waals surface area contributed by atoms with E-state index in [0.29, 0.717) is 0 Å². The first-order valence-electron chi connectivity index (χ1n) is 5.02. The third kappa shape index (κ3) is 4.14. The van der Waals surface area contributed by atoms with E-state index >= 15 is 0 Å². The molecule has 1 amide bonds. The summed E-state index contributed by atoms with van der Waals surface area (Å²) in [5.74, 6) is -1.43. The smallest absolute Gasteiger partial charge is 0.269 e. The Morgan fingerprint density at radius 1 is 1.26 bits per heavy atom. The number of amides is 1. The molecule has 0 atom stereocenters. The number of ketones is 1. The number of hydrogen-bond acceptors (Lipinski definition) is 6. The normalized spacial score (nSPS) is 10.8. The van der Waals surface area contributed by atoms with Gasteiger partial charge >= 0.3 is 0 Å². The lowest BCUT2D eigenvalue weighted by molar-refractivity contribution is -0.384. The Balaban J connectivity index is 2.91. The highest BCUT2D eigenvalue weighted by molar-refractivity contribution is 7.90. The lowest BCUT2D eigenvalue weighted by Crippen LogP contribution is -2.31. The number of benzene rings is 1. The molecule has 1 rings (SSSR count). The van der Waals surface area contributed by atoms with Crippen LogP contribution in [0.5, 0.6) is 0 Å². The number of hydrogen-bond donors (Lipinski definition) is 1. The van der Waals surface area contributed by atoms with Crippen LogP contribution in [0.3, 0.4) is 0 Å². The van der Waals surface area contributed by atoms with Gasteiger partial charge in [0.25, 0.3) is 15.7 Å². The maximum absolute atomic E-state index is 11.7. The lowest BCUT2D eigenvalue weighted by atomic mass is 10.3. The number of nitrogens with one attached hydrogen (secondary N) is 1. The van der Waals surface area contributed by atoms with E-state index in [0.717, 1.165) is 31.2 Å². The Morgan fingerprint density at radius 2 is 1.79 bits per heavy atom. The average molecular weight is 286 g/mol. The van der Waals surface area contributed by atoms with Crippen molar-refractivity contribution in [3.63, 3.8) is 0 Å². The summed E-state index contributed by atoms with van der Waals surface area (Å²) in [5, 5.41) is 10.4. The summed E-state index contributed by atoms with van der Waals surface area (Å²) in [7, 11) is -4.12. The molecule has 0 saturated heterocycles. The van der Waals surface area contributed by atoms with E-state index in [-0.39, 0.29) is 10.6 Å². The molecule has 8 nitrogen and oxygen atoms in total. The zero-order valence-electron chi connectivity index (χ0n) is 9.82. The molecular formula is C10H10N2O6S. The summed E-state index contributed by atoms with van der Waals surface area (Å²) < 4.78 is 25.1. The van der Waals surface area contributed by atoms with Crippen LogP contribution in [0.25, 0.3) is 0 Å². The van der Waals surface area contributed by atoms with Crippen molar-refractivity contribution in [2.75, 3.05) is 0 Å². The summed E-state index contributed by atoms with van der Waals surface area (Å²) in [6, 6.07) is 4.01. The van der Waals surface area contributed by atoms with E-state index in [1.54, 1.807) is 4.72 Å². The number of nitrogens with zero attached hydrogens (tertiary/aromatic N) is 1. The predicted octanol–water partition coefficient (Wildman–Crippen LogP) is 0.379. The monoisotopic (exact) mass is 286 g/mol. The molecule has 19 heavy (non-hydrogen) atoms. The molecule has 1 N–H and O–H groups in total. The van der Waals surface area contributed by atoms with Gasteiger partial charge in [0.1, 0.15) is 5.78 Å². The highest BCUT2D eigenvalue weighted by atomic mass is 32.2. The maximum Gasteiger partial charge on any atom is 0.269 e. The first kappa shape index (κ1) is 14.8. The molecule has 102 valence electrons. The van der Waals surface area contributed by atoms with Gasteiger partial charge in [0.05, 0.1) is 16.2 Å². The topological polar surface area (TPSA) is 123 Å². The van der Waals surface area contributed by atoms with Crippen molar-refractivity contribution in [1.82, 2.24) is 4.72 Å². The number of rotatable bonds is 5. The van der Waals surface area contributed by atoms with Gasteiger partial charge in [0, 0.05) is 12.1 Å². The molecule has 9 heteroatoms. The van der Waals surface area contributed by atoms with E-state index in [1.165, 1.54) is 0 Å². The molecule has 0 spiro atoms. The average Bonchev–Trinajstić information content (AvgIpc) is 2.27. The zero-order valence-corrected chi connectivity index (χ0v) is 10.6. The Kier molecular flexibility index (Phi) is 4.33. The predicted molar refractivity (Wildman–Crippen MR) is 63.7 cm³/mol. The molecule has 0 radical (unpaired) electrons. The van der Waals surface area contributed by atoms with Crippen molar-refractivity contribution >= 4 is 27.4 Å². The van der Waals surface area contributed by atoms with Gasteiger partial charge in [-0.3, -0.25) is 19.7 Å². The number of nitro groups is 1. The minimum absolute atomic E-state index is 0.269. The summed E-state index contributed by atoms with van der Waals surface area (Å²) in [4.78, 5) is 31.3. The Hall–Kier alpha value is -2.29. The Bertz CT molecular complexity index is 620. The van der Waals surface area contributed by atoms with Crippen LogP contribution in [0.4, 0.5) is 5.69 Å². The Morgan fingerprint density at radius 3 is 2.21 bits per heavy atom. The number of non-ortho nitro benzene ring substituents is 1. The molecule has 0 aliphatic heterocycles. The standard InChI is InChI=1S/C10H10N2O6S/c1-7(13)6-10(14)11-19(17,18)9-4-2-8(3-5-9)12(15)16/h2-5H,6H2,1H3,(H,11,14). The third-order valence-corrected chi connectivity index (χ3v) is 3.40. The van der Waals surface area contributed by atoms with E-state index in [4.69, 9.17) is 0 Å². The molecule has 0 aliphatic rings. The number of carbonyl (C=O) groups is 2. The van der Waals surface area contributed by atoms with Gasteiger partial charge in [0.2, 0.25) is 5.91 Å². The first-order chi connectivity index (χ1) is 8.72. The second kappa shape index (κ2) is 5.57. The van der Waals surface area contributed by atoms with Gasteiger partial charge in [-0.05, 0) is 19.1 Å². The molecule has 1 aromatic carbocycles. The molecule has 0 bridgehead atoms. The molecule has 0 unspecified atom stereocenters. The summed E-state index contributed by atoms with van der Waals surface area (Å²) in [6.07, 6.45) is -0.549. The Labute approximate surface area is 108 Å². The van der Waals surface area contributed by atoms with Crippen LogP contribution in [0, 0.1) is 10.1 Å². The van der Waals surface area contributed by atoms with Crippen molar-refractivity contribution in [1.29, 1.82) is 0 Å². The minimum Gasteiger partial charge on any atom is -0.299 e. The molecule has 0 aromatic heterocycles. The van der Waals surface area contributed by atoms with Crippen LogP contribution in [0.2, 0.25) is 0 Å². The van der Waals surface area contributed by atoms with Crippen molar-refractivity contribution in [3.8, 4) is 0 Å². The molecular weight excluding hydrogens is 276 g/mol. The summed E-state index contributed by atoms with van der Waals surface area (Å²) >= 11 is 0. The van der Waals surface area contributed by atoms with Gasteiger partial charge in [-0.1, -0.05) is 0 Å². The van der Waals surface area contributed by atoms with Gasteiger partial charge in [-0.15, -0.1) is 0 Å². The number of nitro benzene ring substituents is 1. The van der Waals surface area contributed by atoms with Crippen LogP contribution in [-0.2, 0) is 19.6 Å². The number of sulfonamides is 1. The number of Topliss-reactive ketones (excluding diaryl/α,β-unsaturated/α-hetero) is 1.